The summed E-state index contributed by atoms with van der Waals surface area (Å²) in [5, 5.41) is 2.75. The highest BCUT2D eigenvalue weighted by molar-refractivity contribution is 5.84. The van der Waals surface area contributed by atoms with Crippen molar-refractivity contribution in [3.8, 4) is 11.5 Å². The van der Waals surface area contributed by atoms with E-state index in [1.807, 2.05) is 18.2 Å². The van der Waals surface area contributed by atoms with Gasteiger partial charge in [0.2, 0.25) is 5.91 Å². The van der Waals surface area contributed by atoms with Gasteiger partial charge in [-0.05, 0) is 62.9 Å². The zero-order chi connectivity index (χ0) is 20.5. The molecule has 4 rings (SSSR count). The highest BCUT2D eigenvalue weighted by Gasteiger charge is 2.63. The van der Waals surface area contributed by atoms with Gasteiger partial charge in [-0.1, -0.05) is 12.5 Å². The largest absolute Gasteiger partial charge is 0.486 e. The van der Waals surface area contributed by atoms with E-state index in [1.54, 1.807) is 0 Å². The molecule has 2 heterocycles. The van der Waals surface area contributed by atoms with Crippen LogP contribution in [0.2, 0.25) is 0 Å². The third kappa shape index (κ3) is 4.17. The highest BCUT2D eigenvalue weighted by Crippen LogP contribution is 2.53. The van der Waals surface area contributed by atoms with Crippen LogP contribution >= 0.6 is 0 Å². The minimum Gasteiger partial charge on any atom is -0.486 e. The smallest absolute Gasteiger partial charge is 0.403 e. The Morgan fingerprint density at radius 1 is 1.10 bits per heavy atom. The Bertz CT molecular complexity index is 743. The SMILES string of the molecule is O=C(NC(Cc1ccc2c(c1)OCCO2)CN1CCCC1)C1(C(F)(F)F)CCC1. The van der Waals surface area contributed by atoms with Crippen LogP contribution in [0.4, 0.5) is 13.2 Å². The predicted octanol–water partition coefficient (Wildman–Crippen LogP) is 3.31. The van der Waals surface area contributed by atoms with Gasteiger partial charge in [-0.2, -0.15) is 13.2 Å². The summed E-state index contributed by atoms with van der Waals surface area (Å²) in [6.07, 6.45) is -1.71. The molecule has 1 unspecified atom stereocenters. The fourth-order valence-corrected chi connectivity index (χ4v) is 4.43. The minimum atomic E-state index is -4.51. The summed E-state index contributed by atoms with van der Waals surface area (Å²) in [6.45, 7) is 3.35. The van der Waals surface area contributed by atoms with Gasteiger partial charge in [-0.15, -0.1) is 0 Å². The molecule has 2 fully saturated rings. The van der Waals surface area contributed by atoms with Crippen LogP contribution in [-0.4, -0.2) is 55.9 Å². The number of rotatable bonds is 6. The molecule has 2 aliphatic heterocycles. The summed E-state index contributed by atoms with van der Waals surface area (Å²) in [6, 6.07) is 5.19. The maximum Gasteiger partial charge on any atom is 0.403 e. The van der Waals surface area contributed by atoms with Crippen molar-refractivity contribution in [2.75, 3.05) is 32.8 Å². The number of alkyl halides is 3. The van der Waals surface area contributed by atoms with Crippen molar-refractivity contribution >= 4 is 5.91 Å². The van der Waals surface area contributed by atoms with Gasteiger partial charge in [-0.25, -0.2) is 0 Å². The molecule has 1 saturated heterocycles. The number of halogens is 3. The molecule has 0 aromatic heterocycles. The maximum absolute atomic E-state index is 13.6. The van der Waals surface area contributed by atoms with Gasteiger partial charge in [0.05, 0.1) is 0 Å². The normalized spacial score (nSPS) is 22.0. The van der Waals surface area contributed by atoms with Crippen LogP contribution in [-0.2, 0) is 11.2 Å². The number of amides is 1. The second-order valence-electron chi connectivity index (χ2n) is 8.29. The monoisotopic (exact) mass is 412 g/mol. The van der Waals surface area contributed by atoms with Crippen molar-refractivity contribution in [2.45, 2.75) is 50.7 Å². The molecule has 1 amide bonds. The number of nitrogens with zero attached hydrogens (tertiary/aromatic N) is 1. The van der Waals surface area contributed by atoms with E-state index in [4.69, 9.17) is 9.47 Å². The van der Waals surface area contributed by atoms with Crippen LogP contribution in [0, 0.1) is 5.41 Å². The van der Waals surface area contributed by atoms with Gasteiger partial charge in [-0.3, -0.25) is 4.79 Å². The molecule has 1 atom stereocenters. The first-order valence-corrected chi connectivity index (χ1v) is 10.4. The standard InChI is InChI=1S/C21H27F3N2O3/c22-21(23,24)20(6-3-7-20)19(27)25-16(14-26-8-1-2-9-26)12-15-4-5-17-18(13-15)29-11-10-28-17/h4-5,13,16H,1-3,6-12,14H2,(H,25,27). The number of carbonyl (C=O) groups excluding carboxylic acids is 1. The van der Waals surface area contributed by atoms with E-state index in [2.05, 4.69) is 10.2 Å². The van der Waals surface area contributed by atoms with E-state index in [0.717, 1.165) is 31.5 Å². The summed E-state index contributed by atoms with van der Waals surface area (Å²) >= 11 is 0. The number of nitrogens with one attached hydrogen (secondary N) is 1. The molecule has 1 aliphatic carbocycles. The zero-order valence-electron chi connectivity index (χ0n) is 16.4. The number of hydrogen-bond donors (Lipinski definition) is 1. The number of carbonyl (C=O) groups is 1. The third-order valence-electron chi connectivity index (χ3n) is 6.29. The molecule has 1 aromatic rings. The fourth-order valence-electron chi connectivity index (χ4n) is 4.43. The van der Waals surface area contributed by atoms with Crippen LogP contribution < -0.4 is 14.8 Å². The molecule has 8 heteroatoms. The highest BCUT2D eigenvalue weighted by atomic mass is 19.4. The topological polar surface area (TPSA) is 50.8 Å². The Labute approximate surface area is 168 Å². The Hall–Kier alpha value is -1.96. The fraction of sp³-hybridized carbons (Fsp3) is 0.667. The Morgan fingerprint density at radius 2 is 1.79 bits per heavy atom. The van der Waals surface area contributed by atoms with Crippen LogP contribution in [0.25, 0.3) is 0 Å². The van der Waals surface area contributed by atoms with E-state index < -0.39 is 17.5 Å². The van der Waals surface area contributed by atoms with E-state index >= 15 is 0 Å². The second-order valence-corrected chi connectivity index (χ2v) is 8.29. The number of ether oxygens (including phenoxy) is 2. The molecule has 0 bridgehead atoms. The first-order valence-electron chi connectivity index (χ1n) is 10.4. The first-order chi connectivity index (χ1) is 13.9. The van der Waals surface area contributed by atoms with Crippen molar-refractivity contribution in [1.82, 2.24) is 10.2 Å². The summed E-state index contributed by atoms with van der Waals surface area (Å²) in [4.78, 5) is 14.9. The number of hydrogen-bond acceptors (Lipinski definition) is 4. The summed E-state index contributed by atoms with van der Waals surface area (Å²) in [5.41, 5.74) is -1.31. The van der Waals surface area contributed by atoms with Gasteiger partial charge in [0, 0.05) is 12.6 Å². The van der Waals surface area contributed by atoms with Crippen molar-refractivity contribution in [2.24, 2.45) is 5.41 Å². The molecule has 29 heavy (non-hydrogen) atoms. The zero-order valence-corrected chi connectivity index (χ0v) is 16.4. The van der Waals surface area contributed by atoms with E-state index in [-0.39, 0.29) is 18.9 Å². The van der Waals surface area contributed by atoms with E-state index in [9.17, 15) is 18.0 Å². The molecule has 0 spiro atoms. The van der Waals surface area contributed by atoms with Gasteiger partial charge < -0.3 is 19.7 Å². The van der Waals surface area contributed by atoms with Crippen molar-refractivity contribution in [3.05, 3.63) is 23.8 Å². The molecule has 1 N–H and O–H groups in total. The van der Waals surface area contributed by atoms with Gasteiger partial charge >= 0.3 is 6.18 Å². The van der Waals surface area contributed by atoms with Gasteiger partial charge in [0.1, 0.15) is 18.6 Å². The molecule has 1 aromatic carbocycles. The van der Waals surface area contributed by atoms with E-state index in [0.29, 0.717) is 44.1 Å². The van der Waals surface area contributed by atoms with Crippen molar-refractivity contribution in [3.63, 3.8) is 0 Å². The second kappa shape index (κ2) is 8.05. The lowest BCUT2D eigenvalue weighted by Gasteiger charge is -2.42. The molecule has 0 radical (unpaired) electrons. The summed E-state index contributed by atoms with van der Waals surface area (Å²) in [5.74, 6) is 0.439. The van der Waals surface area contributed by atoms with Crippen LogP contribution in [0.5, 0.6) is 11.5 Å². The lowest BCUT2D eigenvalue weighted by atomic mass is 9.67. The third-order valence-corrected chi connectivity index (χ3v) is 6.29. The average molecular weight is 412 g/mol. The van der Waals surface area contributed by atoms with Gasteiger partial charge in [0.15, 0.2) is 11.5 Å². The number of benzene rings is 1. The molecular formula is C21H27F3N2O3. The Morgan fingerprint density at radius 3 is 2.41 bits per heavy atom. The minimum absolute atomic E-state index is 0.122. The molecule has 3 aliphatic rings. The van der Waals surface area contributed by atoms with E-state index in [1.165, 1.54) is 0 Å². The quantitative estimate of drug-likeness (QED) is 0.779. The van der Waals surface area contributed by atoms with Crippen molar-refractivity contribution in [1.29, 1.82) is 0 Å². The number of fused-ring (bicyclic) bond motifs is 1. The lowest BCUT2D eigenvalue weighted by Crippen LogP contribution is -2.58. The molecular weight excluding hydrogens is 385 g/mol. The average Bonchev–Trinajstić information content (AvgIpc) is 3.12. The van der Waals surface area contributed by atoms with Crippen LogP contribution in [0.15, 0.2) is 18.2 Å². The summed E-state index contributed by atoms with van der Waals surface area (Å²) < 4.78 is 51.9. The molecule has 5 nitrogen and oxygen atoms in total. The first kappa shape index (κ1) is 20.3. The number of likely N-dealkylation sites (tertiary alicyclic amines) is 1. The molecule has 160 valence electrons. The van der Waals surface area contributed by atoms with Crippen molar-refractivity contribution < 1.29 is 27.4 Å². The van der Waals surface area contributed by atoms with Crippen LogP contribution in [0.3, 0.4) is 0 Å². The van der Waals surface area contributed by atoms with Gasteiger partial charge in [0.25, 0.3) is 0 Å². The Kier molecular flexibility index (Phi) is 5.64. The molecule has 1 saturated carbocycles. The Balaban J connectivity index is 1.49. The lowest BCUT2D eigenvalue weighted by molar-refractivity contribution is -0.243. The predicted molar refractivity (Wildman–Crippen MR) is 101 cm³/mol. The summed E-state index contributed by atoms with van der Waals surface area (Å²) in [7, 11) is 0. The van der Waals surface area contributed by atoms with Crippen LogP contribution in [0.1, 0.15) is 37.7 Å². The maximum atomic E-state index is 13.6.